The zero-order chi connectivity index (χ0) is 13.6. The van der Waals surface area contributed by atoms with E-state index in [1.54, 1.807) is 0 Å². The highest BCUT2D eigenvalue weighted by Crippen LogP contribution is 2.16. The molecule has 0 bridgehead atoms. The lowest BCUT2D eigenvalue weighted by Crippen LogP contribution is -2.20. The molecule has 0 aromatic rings. The van der Waals surface area contributed by atoms with Gasteiger partial charge in [0, 0.05) is 6.10 Å². The SMILES string of the molecule is CCCCCCCC(CCCCCC)O[Si](C)C. The average Bonchev–Trinajstić information content (AvgIpc) is 2.33. The van der Waals surface area contributed by atoms with Crippen molar-refractivity contribution in [3.05, 3.63) is 0 Å². The van der Waals surface area contributed by atoms with Crippen molar-refractivity contribution in [3.63, 3.8) is 0 Å². The van der Waals surface area contributed by atoms with Gasteiger partial charge in [0.25, 0.3) is 0 Å². The van der Waals surface area contributed by atoms with E-state index in [9.17, 15) is 0 Å². The lowest BCUT2D eigenvalue weighted by Gasteiger charge is -2.20. The molecule has 109 valence electrons. The molecule has 0 aliphatic rings. The average molecular weight is 272 g/mol. The second kappa shape index (κ2) is 13.6. The summed E-state index contributed by atoms with van der Waals surface area (Å²) in [5, 5.41) is 0. The molecule has 0 saturated carbocycles. The highest BCUT2D eigenvalue weighted by molar-refractivity contribution is 6.48. The van der Waals surface area contributed by atoms with Gasteiger partial charge < -0.3 is 4.43 Å². The molecule has 0 spiro atoms. The molecule has 1 radical (unpaired) electrons. The first kappa shape index (κ1) is 18.2. The van der Waals surface area contributed by atoms with Crippen LogP contribution in [-0.2, 0) is 4.43 Å². The van der Waals surface area contributed by atoms with Gasteiger partial charge in [-0.3, -0.25) is 0 Å². The van der Waals surface area contributed by atoms with Crippen molar-refractivity contribution in [1.29, 1.82) is 0 Å². The third-order valence-corrected chi connectivity index (χ3v) is 4.22. The Bertz CT molecular complexity index is 159. The molecule has 0 rings (SSSR count). The summed E-state index contributed by atoms with van der Waals surface area (Å²) in [4.78, 5) is 0. The molecule has 0 aliphatic carbocycles. The fourth-order valence-electron chi connectivity index (χ4n) is 2.37. The normalized spacial score (nSPS) is 13.2. The largest absolute Gasteiger partial charge is 0.414 e. The Balaban J connectivity index is 3.63. The lowest BCUT2D eigenvalue weighted by atomic mass is 10.0. The minimum Gasteiger partial charge on any atom is -0.414 e. The molecule has 18 heavy (non-hydrogen) atoms. The molecule has 0 heterocycles. The second-order valence-electron chi connectivity index (χ2n) is 5.70. The van der Waals surface area contributed by atoms with Crippen LogP contribution in [0.15, 0.2) is 0 Å². The van der Waals surface area contributed by atoms with Crippen molar-refractivity contribution < 1.29 is 4.43 Å². The summed E-state index contributed by atoms with van der Waals surface area (Å²) in [7, 11) is -0.522. The molecule has 1 nitrogen and oxygen atoms in total. The van der Waals surface area contributed by atoms with E-state index in [1.807, 2.05) is 0 Å². The predicted molar refractivity (Wildman–Crippen MR) is 84.5 cm³/mol. The summed E-state index contributed by atoms with van der Waals surface area (Å²) in [5.41, 5.74) is 0. The molecule has 2 heteroatoms. The highest BCUT2D eigenvalue weighted by Gasteiger charge is 2.11. The van der Waals surface area contributed by atoms with Gasteiger partial charge in [-0.1, -0.05) is 71.6 Å². The van der Waals surface area contributed by atoms with E-state index in [0.29, 0.717) is 6.10 Å². The smallest absolute Gasteiger partial charge is 0.205 e. The van der Waals surface area contributed by atoms with Gasteiger partial charge in [0.05, 0.1) is 0 Å². The molecular weight excluding hydrogens is 236 g/mol. The van der Waals surface area contributed by atoms with Crippen molar-refractivity contribution in [1.82, 2.24) is 0 Å². The van der Waals surface area contributed by atoms with E-state index >= 15 is 0 Å². The van der Waals surface area contributed by atoms with Gasteiger partial charge in [0.15, 0.2) is 0 Å². The molecule has 0 aromatic heterocycles. The third kappa shape index (κ3) is 12.6. The van der Waals surface area contributed by atoms with E-state index < -0.39 is 9.04 Å². The Morgan fingerprint density at radius 3 is 1.61 bits per heavy atom. The van der Waals surface area contributed by atoms with Crippen molar-refractivity contribution >= 4 is 9.04 Å². The van der Waals surface area contributed by atoms with E-state index in [0.717, 1.165) is 0 Å². The fraction of sp³-hybridized carbons (Fsp3) is 1.00. The fourth-order valence-corrected chi connectivity index (χ4v) is 3.27. The van der Waals surface area contributed by atoms with Crippen LogP contribution >= 0.6 is 0 Å². The Morgan fingerprint density at radius 1 is 0.722 bits per heavy atom. The zero-order valence-electron chi connectivity index (χ0n) is 13.3. The Morgan fingerprint density at radius 2 is 1.17 bits per heavy atom. The predicted octanol–water partition coefficient (Wildman–Crippen LogP) is 5.95. The first-order valence-electron chi connectivity index (χ1n) is 8.17. The van der Waals surface area contributed by atoms with Crippen LogP contribution in [0.4, 0.5) is 0 Å². The maximum absolute atomic E-state index is 6.14. The van der Waals surface area contributed by atoms with Crippen LogP contribution in [0, 0.1) is 0 Å². The van der Waals surface area contributed by atoms with E-state index in [-0.39, 0.29) is 0 Å². The highest BCUT2D eigenvalue weighted by atomic mass is 28.3. The van der Waals surface area contributed by atoms with Gasteiger partial charge in [0.1, 0.15) is 0 Å². The maximum Gasteiger partial charge on any atom is 0.205 e. The second-order valence-corrected chi connectivity index (χ2v) is 7.75. The molecule has 0 saturated heterocycles. The van der Waals surface area contributed by atoms with Crippen LogP contribution in [-0.4, -0.2) is 15.1 Å². The van der Waals surface area contributed by atoms with Gasteiger partial charge in [-0.2, -0.15) is 0 Å². The number of unbranched alkanes of at least 4 members (excludes halogenated alkanes) is 7. The summed E-state index contributed by atoms with van der Waals surface area (Å²) in [5.74, 6) is 0. The monoisotopic (exact) mass is 271 g/mol. The molecule has 1 atom stereocenters. The van der Waals surface area contributed by atoms with Crippen molar-refractivity contribution in [2.45, 2.75) is 104 Å². The summed E-state index contributed by atoms with van der Waals surface area (Å²) < 4.78 is 6.14. The van der Waals surface area contributed by atoms with Crippen LogP contribution in [0.3, 0.4) is 0 Å². The van der Waals surface area contributed by atoms with Crippen molar-refractivity contribution in [2.24, 2.45) is 0 Å². The Hall–Kier alpha value is 0.177. The quantitative estimate of drug-likeness (QED) is 0.297. The van der Waals surface area contributed by atoms with E-state index in [4.69, 9.17) is 4.43 Å². The van der Waals surface area contributed by atoms with Crippen LogP contribution < -0.4 is 0 Å². The first-order chi connectivity index (χ1) is 8.70. The third-order valence-electron chi connectivity index (χ3n) is 3.41. The standard InChI is InChI=1S/C16H35OSi/c1-5-7-9-11-13-15-16(17-18(3)4)14-12-10-8-6-2/h16H,5-15H2,1-4H3. The van der Waals surface area contributed by atoms with E-state index in [1.165, 1.54) is 70.6 Å². The van der Waals surface area contributed by atoms with Gasteiger partial charge in [-0.25, -0.2) is 0 Å². The Labute approximate surface area is 117 Å². The van der Waals surface area contributed by atoms with Gasteiger partial charge in [0.2, 0.25) is 9.04 Å². The number of rotatable bonds is 13. The first-order valence-corrected chi connectivity index (χ1v) is 10.6. The van der Waals surface area contributed by atoms with Gasteiger partial charge in [-0.05, 0) is 25.9 Å². The van der Waals surface area contributed by atoms with Gasteiger partial charge >= 0.3 is 0 Å². The van der Waals surface area contributed by atoms with Crippen molar-refractivity contribution in [2.75, 3.05) is 0 Å². The zero-order valence-corrected chi connectivity index (χ0v) is 14.3. The van der Waals surface area contributed by atoms with Gasteiger partial charge in [-0.15, -0.1) is 0 Å². The van der Waals surface area contributed by atoms with Crippen LogP contribution in [0.25, 0.3) is 0 Å². The molecule has 0 fully saturated rings. The summed E-state index contributed by atoms with van der Waals surface area (Å²) in [6, 6.07) is 0. The minimum absolute atomic E-state index is 0.522. The van der Waals surface area contributed by atoms with Crippen LogP contribution in [0.2, 0.25) is 13.1 Å². The number of hydrogen-bond acceptors (Lipinski definition) is 1. The topological polar surface area (TPSA) is 9.23 Å². The molecule has 1 unspecified atom stereocenters. The lowest BCUT2D eigenvalue weighted by molar-refractivity contribution is 0.174. The summed E-state index contributed by atoms with van der Waals surface area (Å²) >= 11 is 0. The maximum atomic E-state index is 6.14. The molecule has 0 N–H and O–H groups in total. The van der Waals surface area contributed by atoms with Crippen molar-refractivity contribution in [3.8, 4) is 0 Å². The summed E-state index contributed by atoms with van der Waals surface area (Å²) in [6.07, 6.45) is 15.6. The molecular formula is C16H35OSi. The number of hydrogen-bond donors (Lipinski definition) is 0. The minimum atomic E-state index is -0.522. The van der Waals surface area contributed by atoms with E-state index in [2.05, 4.69) is 26.9 Å². The Kier molecular flexibility index (Phi) is 13.7. The molecule has 0 aromatic carbocycles. The molecule has 0 aliphatic heterocycles. The summed E-state index contributed by atoms with van der Waals surface area (Å²) in [6.45, 7) is 9.09. The molecule has 0 amide bonds. The van der Waals surface area contributed by atoms with Crippen LogP contribution in [0.5, 0.6) is 0 Å². The van der Waals surface area contributed by atoms with Crippen LogP contribution in [0.1, 0.15) is 84.5 Å².